The topological polar surface area (TPSA) is 88.4 Å². The maximum Gasteiger partial charge on any atom is 0.203 e. The summed E-state index contributed by atoms with van der Waals surface area (Å²) in [5, 5.41) is 29.2. The monoisotopic (exact) mass is 414 g/mol. The van der Waals surface area contributed by atoms with E-state index in [-0.39, 0.29) is 31.3 Å². The number of aliphatic hydroxyl groups is 1. The minimum absolute atomic E-state index is 0. The lowest BCUT2D eigenvalue weighted by Crippen LogP contribution is -1.99. The van der Waals surface area contributed by atoms with E-state index >= 15 is 0 Å². The molecule has 6 nitrogen and oxygen atoms in total. The molecule has 0 radical (unpaired) electrons. The number of halogens is 1. The Hall–Kier alpha value is -2.31. The Morgan fingerprint density at radius 3 is 1.82 bits per heavy atom. The van der Waals surface area contributed by atoms with Crippen LogP contribution in [0.15, 0.2) is 30.3 Å². The maximum atomic E-state index is 10.2. The zero-order valence-corrected chi connectivity index (χ0v) is 16.6. The number of ether oxygens (including phenoxy) is 3. The minimum Gasteiger partial charge on any atom is -0.508 e. The van der Waals surface area contributed by atoms with Gasteiger partial charge in [0, 0.05) is 6.07 Å². The molecule has 2 aromatic carbocycles. The molecule has 0 heterocycles. The number of phenolic OH excluding ortho intramolecular Hbond substituents is 2. The van der Waals surface area contributed by atoms with Gasteiger partial charge in [-0.3, -0.25) is 0 Å². The van der Waals surface area contributed by atoms with Crippen LogP contribution >= 0.6 is 12.4 Å². The Balaban J connectivity index is 0.00000364. The first-order valence-corrected chi connectivity index (χ1v) is 8.48. The number of aliphatic hydroxyl groups excluding tert-OH is 1. The molecule has 0 unspecified atom stereocenters. The molecule has 0 saturated heterocycles. The van der Waals surface area contributed by atoms with E-state index in [1.807, 2.05) is 12.1 Å². The molecule has 0 saturated carbocycles. The van der Waals surface area contributed by atoms with E-state index in [0.717, 1.165) is 24.8 Å². The Morgan fingerprint density at radius 1 is 0.821 bits per heavy atom. The van der Waals surface area contributed by atoms with Gasteiger partial charge in [0.2, 0.25) is 5.75 Å². The molecular weight excluding hydrogens is 384 g/mol. The molecule has 0 aliphatic rings. The summed E-state index contributed by atoms with van der Waals surface area (Å²) in [6.45, 7) is 0. The van der Waals surface area contributed by atoms with Crippen molar-refractivity contribution in [2.45, 2.75) is 39.2 Å². The first-order valence-electron chi connectivity index (χ1n) is 8.48. The van der Waals surface area contributed by atoms with Gasteiger partial charge in [0.15, 0.2) is 11.5 Å². The third kappa shape index (κ3) is 6.69. The van der Waals surface area contributed by atoms with Gasteiger partial charge in [-0.25, -0.2) is 0 Å². The average Bonchev–Trinajstić information content (AvgIpc) is 2.63. The highest BCUT2D eigenvalue weighted by Crippen LogP contribution is 2.38. The van der Waals surface area contributed by atoms with Gasteiger partial charge >= 0.3 is 0 Å². The van der Waals surface area contributed by atoms with Gasteiger partial charge in [-0.2, -0.15) is 0 Å². The van der Waals surface area contributed by atoms with Crippen molar-refractivity contribution in [3.05, 3.63) is 41.5 Å². The number of rotatable bonds is 9. The lowest BCUT2D eigenvalue weighted by atomic mass is 10.0. The number of methoxy groups -OCH3 is 3. The second kappa shape index (κ2) is 12.2. The van der Waals surface area contributed by atoms with E-state index in [9.17, 15) is 15.3 Å². The van der Waals surface area contributed by atoms with Crippen molar-refractivity contribution >= 4 is 12.4 Å². The Labute approximate surface area is 173 Å². The Kier molecular flexibility index (Phi) is 11.2. The van der Waals surface area contributed by atoms with Crippen molar-refractivity contribution in [3.8, 4) is 28.7 Å². The van der Waals surface area contributed by atoms with Gasteiger partial charge < -0.3 is 29.5 Å². The maximum absolute atomic E-state index is 10.2. The first-order chi connectivity index (χ1) is 12.5. The molecule has 0 bridgehead atoms. The largest absolute Gasteiger partial charge is 0.508 e. The molecule has 2 rings (SSSR count). The van der Waals surface area contributed by atoms with Crippen molar-refractivity contribution in [2.75, 3.05) is 21.3 Å². The molecular formula is C21H31ClO6. The SMILES string of the molecule is C.COc1cc(CCCC[C@H](O)c2cc(O)cc(O)c2)cc(OC)c1OC.Cl. The van der Waals surface area contributed by atoms with Crippen LogP contribution in [0.25, 0.3) is 0 Å². The van der Waals surface area contributed by atoms with Gasteiger partial charge in [0.1, 0.15) is 11.5 Å². The van der Waals surface area contributed by atoms with Crippen molar-refractivity contribution < 1.29 is 29.5 Å². The van der Waals surface area contributed by atoms with Crippen LogP contribution in [0, 0.1) is 0 Å². The number of benzene rings is 2. The van der Waals surface area contributed by atoms with Crippen LogP contribution in [0.5, 0.6) is 28.7 Å². The van der Waals surface area contributed by atoms with E-state index in [1.54, 1.807) is 21.3 Å². The third-order valence-corrected chi connectivity index (χ3v) is 4.23. The van der Waals surface area contributed by atoms with E-state index in [4.69, 9.17) is 14.2 Å². The molecule has 2 aromatic rings. The van der Waals surface area contributed by atoms with E-state index in [2.05, 4.69) is 0 Å². The van der Waals surface area contributed by atoms with Crippen LogP contribution in [-0.4, -0.2) is 36.6 Å². The second-order valence-corrected chi connectivity index (χ2v) is 6.08. The highest BCUT2D eigenvalue weighted by molar-refractivity contribution is 5.85. The van der Waals surface area contributed by atoms with Crippen molar-refractivity contribution in [2.24, 2.45) is 0 Å². The van der Waals surface area contributed by atoms with Crippen molar-refractivity contribution in [3.63, 3.8) is 0 Å². The fourth-order valence-corrected chi connectivity index (χ4v) is 2.92. The summed E-state index contributed by atoms with van der Waals surface area (Å²) in [4.78, 5) is 0. The lowest BCUT2D eigenvalue weighted by Gasteiger charge is -2.14. The highest BCUT2D eigenvalue weighted by Gasteiger charge is 2.14. The van der Waals surface area contributed by atoms with E-state index < -0.39 is 6.10 Å². The number of aromatic hydroxyl groups is 2. The summed E-state index contributed by atoms with van der Waals surface area (Å²) >= 11 is 0. The normalized spacial score (nSPS) is 11.0. The molecule has 7 heteroatoms. The van der Waals surface area contributed by atoms with Crippen molar-refractivity contribution in [1.82, 2.24) is 0 Å². The molecule has 0 aliphatic carbocycles. The van der Waals surface area contributed by atoms with Crippen LogP contribution in [0.2, 0.25) is 0 Å². The van der Waals surface area contributed by atoms with Gasteiger partial charge in [0.25, 0.3) is 0 Å². The molecule has 0 fully saturated rings. The van der Waals surface area contributed by atoms with Gasteiger partial charge in [-0.05, 0) is 54.7 Å². The van der Waals surface area contributed by atoms with Crippen LogP contribution in [0.3, 0.4) is 0 Å². The fraction of sp³-hybridized carbons (Fsp3) is 0.429. The minimum atomic E-state index is -0.729. The van der Waals surface area contributed by atoms with Crippen molar-refractivity contribution in [1.29, 1.82) is 0 Å². The number of phenols is 2. The summed E-state index contributed by atoms with van der Waals surface area (Å²) in [7, 11) is 4.74. The lowest BCUT2D eigenvalue weighted by molar-refractivity contribution is 0.163. The standard InChI is InChI=1S/C20H26O6.CH4.ClH/c1-24-18-8-13(9-19(25-2)20(18)26-3)6-4-5-7-17(23)14-10-15(21)12-16(22)11-14;;/h8-12,17,21-23H,4-7H2,1-3H3;1H4;1H/t17-;;/m0../s1. The summed E-state index contributed by atoms with van der Waals surface area (Å²) in [6.07, 6.45) is 2.25. The van der Waals surface area contributed by atoms with E-state index in [0.29, 0.717) is 29.2 Å². The second-order valence-electron chi connectivity index (χ2n) is 6.08. The van der Waals surface area contributed by atoms with Crippen LogP contribution in [-0.2, 0) is 6.42 Å². The van der Waals surface area contributed by atoms with Gasteiger partial charge in [-0.15, -0.1) is 12.4 Å². The molecule has 158 valence electrons. The highest BCUT2D eigenvalue weighted by atomic mass is 35.5. The van der Waals surface area contributed by atoms with Crippen LogP contribution in [0.1, 0.15) is 43.9 Å². The molecule has 0 aliphatic heterocycles. The molecule has 0 aromatic heterocycles. The van der Waals surface area contributed by atoms with Crippen LogP contribution < -0.4 is 14.2 Å². The van der Waals surface area contributed by atoms with Crippen LogP contribution in [0.4, 0.5) is 0 Å². The van der Waals surface area contributed by atoms with E-state index in [1.165, 1.54) is 18.2 Å². The van der Waals surface area contributed by atoms with Gasteiger partial charge in [0.05, 0.1) is 27.4 Å². The summed E-state index contributed by atoms with van der Waals surface area (Å²) < 4.78 is 16.0. The zero-order valence-electron chi connectivity index (χ0n) is 15.8. The predicted molar refractivity (Wildman–Crippen MR) is 112 cm³/mol. The predicted octanol–water partition coefficient (Wildman–Crippen LogP) is 4.63. The summed E-state index contributed by atoms with van der Waals surface area (Å²) in [6, 6.07) is 8.00. The molecule has 3 N–H and O–H groups in total. The smallest absolute Gasteiger partial charge is 0.203 e. The molecule has 0 spiro atoms. The number of hydrogen-bond acceptors (Lipinski definition) is 6. The average molecular weight is 415 g/mol. The third-order valence-electron chi connectivity index (χ3n) is 4.23. The van der Waals surface area contributed by atoms with Gasteiger partial charge in [-0.1, -0.05) is 13.8 Å². The molecule has 0 amide bonds. The molecule has 1 atom stereocenters. The summed E-state index contributed by atoms with van der Waals surface area (Å²) in [5.41, 5.74) is 1.57. The number of hydrogen-bond donors (Lipinski definition) is 3. The molecule has 28 heavy (non-hydrogen) atoms. The fourth-order valence-electron chi connectivity index (χ4n) is 2.92. The number of aryl methyl sites for hydroxylation is 1. The quantitative estimate of drug-likeness (QED) is 0.518. The Bertz CT molecular complexity index is 690. The first kappa shape index (κ1) is 25.7. The zero-order chi connectivity index (χ0) is 19.1. The Morgan fingerprint density at radius 2 is 1.36 bits per heavy atom. The summed E-state index contributed by atoms with van der Waals surface area (Å²) in [5.74, 6) is 1.69. The number of unbranched alkanes of at least 4 members (excludes halogenated alkanes) is 1.